The third-order valence-electron chi connectivity index (χ3n) is 4.27. The lowest BCUT2D eigenvalue weighted by Crippen LogP contribution is -2.49. The van der Waals surface area contributed by atoms with Gasteiger partial charge in [0.1, 0.15) is 6.04 Å². The monoisotopic (exact) mass is 323 g/mol. The second-order valence-electron chi connectivity index (χ2n) is 6.36. The number of hydrogen-bond acceptors (Lipinski definition) is 3. The van der Waals surface area contributed by atoms with Gasteiger partial charge in [-0.25, -0.2) is 0 Å². The minimum Gasteiger partial charge on any atom is -0.350 e. The molecule has 1 aromatic heterocycles. The van der Waals surface area contributed by atoms with E-state index in [4.69, 9.17) is 0 Å². The van der Waals surface area contributed by atoms with Crippen LogP contribution in [0.3, 0.4) is 0 Å². The maximum absolute atomic E-state index is 12.7. The number of carbonyl (C=O) groups excluding carboxylic acids is 2. The van der Waals surface area contributed by atoms with Gasteiger partial charge in [-0.05, 0) is 29.2 Å². The van der Waals surface area contributed by atoms with E-state index in [0.717, 1.165) is 11.1 Å². The minimum absolute atomic E-state index is 0.0251. The fraction of sp³-hybridized carbons (Fsp3) is 0.316. The summed E-state index contributed by atoms with van der Waals surface area (Å²) in [6, 6.07) is 10.8. The summed E-state index contributed by atoms with van der Waals surface area (Å²) >= 11 is 0. The first-order chi connectivity index (χ1) is 11.6. The Balaban J connectivity index is 1.74. The van der Waals surface area contributed by atoms with E-state index in [1.807, 2.05) is 50.2 Å². The molecular weight excluding hydrogens is 302 g/mol. The van der Waals surface area contributed by atoms with Crippen LogP contribution in [0.25, 0.3) is 0 Å². The van der Waals surface area contributed by atoms with E-state index in [2.05, 4.69) is 10.3 Å². The molecule has 1 atom stereocenters. The Bertz CT molecular complexity index is 743. The fourth-order valence-corrected chi connectivity index (χ4v) is 3.10. The van der Waals surface area contributed by atoms with Crippen LogP contribution in [0.1, 0.15) is 35.3 Å². The summed E-state index contributed by atoms with van der Waals surface area (Å²) in [5, 5.41) is 2.93. The van der Waals surface area contributed by atoms with Gasteiger partial charge in [0.15, 0.2) is 0 Å². The first-order valence-electron chi connectivity index (χ1n) is 8.13. The summed E-state index contributed by atoms with van der Waals surface area (Å²) in [5.41, 5.74) is 2.61. The van der Waals surface area contributed by atoms with Crippen LogP contribution < -0.4 is 5.32 Å². The van der Waals surface area contributed by atoms with Gasteiger partial charge in [0.25, 0.3) is 5.91 Å². The standard InChI is InChI=1S/C19H21N3O2/c1-13(2)17(18(23)21-11-14-6-5-9-20-10-14)22-12-15-7-3-4-8-16(15)19(22)24/h3-10,13,17H,11-12H2,1-2H3,(H,21,23)/t17-/m0/s1. The topological polar surface area (TPSA) is 62.3 Å². The average Bonchev–Trinajstić information content (AvgIpc) is 2.91. The van der Waals surface area contributed by atoms with Crippen LogP contribution in [-0.2, 0) is 17.9 Å². The molecule has 0 fully saturated rings. The highest BCUT2D eigenvalue weighted by Gasteiger charge is 2.37. The number of amides is 2. The van der Waals surface area contributed by atoms with Gasteiger partial charge in [0.05, 0.1) is 0 Å². The van der Waals surface area contributed by atoms with Gasteiger partial charge in [-0.15, -0.1) is 0 Å². The molecule has 124 valence electrons. The summed E-state index contributed by atoms with van der Waals surface area (Å²) in [4.78, 5) is 31.1. The van der Waals surface area contributed by atoms with Crippen molar-refractivity contribution >= 4 is 11.8 Å². The molecule has 3 rings (SSSR count). The van der Waals surface area contributed by atoms with Crippen LogP contribution in [-0.4, -0.2) is 27.7 Å². The van der Waals surface area contributed by atoms with Crippen molar-refractivity contribution in [2.75, 3.05) is 0 Å². The summed E-state index contributed by atoms with van der Waals surface area (Å²) in [7, 11) is 0. The second-order valence-corrected chi connectivity index (χ2v) is 6.36. The average molecular weight is 323 g/mol. The van der Waals surface area contributed by atoms with Crippen molar-refractivity contribution in [1.82, 2.24) is 15.2 Å². The van der Waals surface area contributed by atoms with E-state index in [0.29, 0.717) is 18.7 Å². The van der Waals surface area contributed by atoms with Crippen LogP contribution >= 0.6 is 0 Å². The zero-order valence-corrected chi connectivity index (χ0v) is 13.9. The van der Waals surface area contributed by atoms with Gasteiger partial charge in [0.2, 0.25) is 5.91 Å². The number of nitrogens with one attached hydrogen (secondary N) is 1. The number of carbonyl (C=O) groups is 2. The summed E-state index contributed by atoms with van der Waals surface area (Å²) < 4.78 is 0. The number of benzene rings is 1. The zero-order valence-electron chi connectivity index (χ0n) is 13.9. The second kappa shape index (κ2) is 6.83. The quantitative estimate of drug-likeness (QED) is 0.919. The molecule has 0 spiro atoms. The van der Waals surface area contributed by atoms with Gasteiger partial charge in [-0.2, -0.15) is 0 Å². The van der Waals surface area contributed by atoms with Gasteiger partial charge in [-0.3, -0.25) is 14.6 Å². The molecule has 5 nitrogen and oxygen atoms in total. The van der Waals surface area contributed by atoms with E-state index in [1.165, 1.54) is 0 Å². The predicted octanol–water partition coefficient (Wildman–Crippen LogP) is 2.38. The number of pyridine rings is 1. The lowest BCUT2D eigenvalue weighted by atomic mass is 10.0. The van der Waals surface area contributed by atoms with E-state index in [-0.39, 0.29) is 17.7 Å². The Hall–Kier alpha value is -2.69. The molecule has 0 aliphatic carbocycles. The first-order valence-corrected chi connectivity index (χ1v) is 8.13. The van der Waals surface area contributed by atoms with Crippen molar-refractivity contribution in [2.24, 2.45) is 5.92 Å². The normalized spacial score (nSPS) is 14.6. The number of aromatic nitrogens is 1. The Morgan fingerprint density at radius 1 is 1.25 bits per heavy atom. The highest BCUT2D eigenvalue weighted by atomic mass is 16.2. The van der Waals surface area contributed by atoms with Crippen molar-refractivity contribution < 1.29 is 9.59 Å². The van der Waals surface area contributed by atoms with Crippen LogP contribution in [0.5, 0.6) is 0 Å². The highest BCUT2D eigenvalue weighted by Crippen LogP contribution is 2.27. The van der Waals surface area contributed by atoms with Crippen LogP contribution in [0.2, 0.25) is 0 Å². The van der Waals surface area contributed by atoms with E-state index < -0.39 is 6.04 Å². The van der Waals surface area contributed by atoms with Crippen molar-refractivity contribution in [3.63, 3.8) is 0 Å². The number of nitrogens with zero attached hydrogens (tertiary/aromatic N) is 2. The van der Waals surface area contributed by atoms with Gasteiger partial charge < -0.3 is 10.2 Å². The van der Waals surface area contributed by atoms with E-state index in [9.17, 15) is 9.59 Å². The molecule has 0 saturated carbocycles. The van der Waals surface area contributed by atoms with Crippen molar-refractivity contribution in [3.8, 4) is 0 Å². The lowest BCUT2D eigenvalue weighted by Gasteiger charge is -2.29. The first kappa shape index (κ1) is 16.2. The third kappa shape index (κ3) is 3.15. The molecule has 0 bridgehead atoms. The Morgan fingerprint density at radius 3 is 2.71 bits per heavy atom. The lowest BCUT2D eigenvalue weighted by molar-refractivity contribution is -0.127. The molecule has 1 aromatic carbocycles. The molecule has 2 amide bonds. The molecule has 2 aromatic rings. The molecule has 1 N–H and O–H groups in total. The fourth-order valence-electron chi connectivity index (χ4n) is 3.10. The highest BCUT2D eigenvalue weighted by molar-refractivity contribution is 6.01. The van der Waals surface area contributed by atoms with E-state index in [1.54, 1.807) is 17.3 Å². The van der Waals surface area contributed by atoms with E-state index >= 15 is 0 Å². The van der Waals surface area contributed by atoms with Crippen LogP contribution in [0.15, 0.2) is 48.8 Å². The Morgan fingerprint density at radius 2 is 2.04 bits per heavy atom. The van der Waals surface area contributed by atoms with Gasteiger partial charge in [-0.1, -0.05) is 38.1 Å². The molecule has 0 unspecified atom stereocenters. The summed E-state index contributed by atoms with van der Waals surface area (Å²) in [6.45, 7) is 4.82. The van der Waals surface area contributed by atoms with Crippen LogP contribution in [0.4, 0.5) is 0 Å². The molecule has 1 aliphatic heterocycles. The van der Waals surface area contributed by atoms with Crippen molar-refractivity contribution in [1.29, 1.82) is 0 Å². The molecule has 0 saturated heterocycles. The zero-order chi connectivity index (χ0) is 17.1. The summed E-state index contributed by atoms with van der Waals surface area (Å²) in [6.07, 6.45) is 3.42. The smallest absolute Gasteiger partial charge is 0.255 e. The minimum atomic E-state index is -0.485. The Kier molecular flexibility index (Phi) is 4.60. The molecule has 2 heterocycles. The largest absolute Gasteiger partial charge is 0.350 e. The van der Waals surface area contributed by atoms with Crippen molar-refractivity contribution in [2.45, 2.75) is 33.0 Å². The summed E-state index contributed by atoms with van der Waals surface area (Å²) in [5.74, 6) is -0.173. The Labute approximate surface area is 141 Å². The molecule has 1 aliphatic rings. The number of hydrogen-bond donors (Lipinski definition) is 1. The number of fused-ring (bicyclic) bond motifs is 1. The maximum Gasteiger partial charge on any atom is 0.255 e. The molecule has 0 radical (unpaired) electrons. The molecule has 5 heteroatoms. The van der Waals surface area contributed by atoms with Gasteiger partial charge in [0, 0.05) is 31.0 Å². The van der Waals surface area contributed by atoms with Crippen molar-refractivity contribution in [3.05, 3.63) is 65.5 Å². The predicted molar refractivity (Wildman–Crippen MR) is 91.0 cm³/mol. The third-order valence-corrected chi connectivity index (χ3v) is 4.27. The van der Waals surface area contributed by atoms with Gasteiger partial charge >= 0.3 is 0 Å². The molecule has 24 heavy (non-hydrogen) atoms. The number of rotatable bonds is 5. The molecular formula is C19H21N3O2. The SMILES string of the molecule is CC(C)[C@@H](C(=O)NCc1cccnc1)N1Cc2ccccc2C1=O. The van der Waals surface area contributed by atoms with Crippen LogP contribution in [0, 0.1) is 5.92 Å². The maximum atomic E-state index is 12.7.